The van der Waals surface area contributed by atoms with E-state index in [1.807, 2.05) is 36.2 Å². The third kappa shape index (κ3) is 3.36. The van der Waals surface area contributed by atoms with Crippen molar-refractivity contribution in [3.8, 4) is 5.75 Å². The van der Waals surface area contributed by atoms with E-state index >= 15 is 0 Å². The lowest BCUT2D eigenvalue weighted by atomic mass is 10.0. The minimum atomic E-state index is -0.283. The topological polar surface area (TPSA) is 38.5 Å². The molecule has 0 radical (unpaired) electrons. The molecule has 21 heavy (non-hydrogen) atoms. The molecule has 0 bridgehead atoms. The highest BCUT2D eigenvalue weighted by Gasteiger charge is 2.19. The van der Waals surface area contributed by atoms with Gasteiger partial charge in [0.25, 0.3) is 0 Å². The predicted molar refractivity (Wildman–Crippen MR) is 87.3 cm³/mol. The van der Waals surface area contributed by atoms with Crippen molar-refractivity contribution in [2.75, 3.05) is 25.6 Å². The van der Waals surface area contributed by atoms with Crippen LogP contribution in [0.25, 0.3) is 0 Å². The summed E-state index contributed by atoms with van der Waals surface area (Å²) in [6.45, 7) is 0.409. The molecule has 2 aromatic carbocycles. The molecule has 2 rings (SSSR count). The van der Waals surface area contributed by atoms with E-state index in [1.165, 1.54) is 6.07 Å². The van der Waals surface area contributed by atoms with Gasteiger partial charge in [0.1, 0.15) is 11.6 Å². The smallest absolute Gasteiger partial charge is 0.142 e. The molecule has 0 aliphatic carbocycles. The maximum absolute atomic E-state index is 13.4. The van der Waals surface area contributed by atoms with Gasteiger partial charge in [-0.05, 0) is 45.8 Å². The monoisotopic (exact) mass is 352 g/mol. The molecule has 0 aliphatic heterocycles. The zero-order chi connectivity index (χ0) is 15.4. The Bertz CT molecular complexity index is 621. The molecule has 0 heterocycles. The second kappa shape index (κ2) is 6.91. The average Bonchev–Trinajstić information content (AvgIpc) is 2.51. The van der Waals surface area contributed by atoms with Crippen molar-refractivity contribution in [1.82, 2.24) is 0 Å². The van der Waals surface area contributed by atoms with Crippen LogP contribution in [0.3, 0.4) is 0 Å². The molecule has 0 aliphatic rings. The number of methoxy groups -OCH3 is 1. The molecule has 1 unspecified atom stereocenters. The molecule has 1 atom stereocenters. The molecule has 0 spiro atoms. The van der Waals surface area contributed by atoms with Gasteiger partial charge in [0.2, 0.25) is 0 Å². The second-order valence-corrected chi connectivity index (χ2v) is 5.56. The van der Waals surface area contributed by atoms with Crippen molar-refractivity contribution < 1.29 is 9.13 Å². The summed E-state index contributed by atoms with van der Waals surface area (Å²) in [6, 6.07) is 12.6. The maximum Gasteiger partial charge on any atom is 0.142 e. The fourth-order valence-corrected chi connectivity index (χ4v) is 2.72. The van der Waals surface area contributed by atoms with E-state index in [1.54, 1.807) is 19.2 Å². The molecule has 0 aromatic heterocycles. The quantitative estimate of drug-likeness (QED) is 0.890. The van der Waals surface area contributed by atoms with Gasteiger partial charge in [-0.15, -0.1) is 0 Å². The molecule has 2 N–H and O–H groups in total. The zero-order valence-corrected chi connectivity index (χ0v) is 13.6. The van der Waals surface area contributed by atoms with Crippen molar-refractivity contribution in [2.45, 2.75) is 6.04 Å². The fourth-order valence-electron chi connectivity index (χ4n) is 2.33. The third-order valence-corrected chi connectivity index (χ3v) is 4.09. The lowest BCUT2D eigenvalue weighted by molar-refractivity contribution is 0.413. The molecule has 3 nitrogen and oxygen atoms in total. The zero-order valence-electron chi connectivity index (χ0n) is 12.0. The highest BCUT2D eigenvalue weighted by Crippen LogP contribution is 2.33. The summed E-state index contributed by atoms with van der Waals surface area (Å²) in [7, 11) is 3.59. The first-order chi connectivity index (χ1) is 10.1. The van der Waals surface area contributed by atoms with Gasteiger partial charge in [-0.2, -0.15) is 0 Å². The Kier molecular flexibility index (Phi) is 5.20. The van der Waals surface area contributed by atoms with Gasteiger partial charge in [0, 0.05) is 13.6 Å². The molecule has 0 fully saturated rings. The van der Waals surface area contributed by atoms with Crippen LogP contribution in [0, 0.1) is 5.82 Å². The first-order valence-corrected chi connectivity index (χ1v) is 7.38. The Morgan fingerprint density at radius 2 is 2.00 bits per heavy atom. The van der Waals surface area contributed by atoms with Crippen LogP contribution in [0.4, 0.5) is 10.1 Å². The minimum Gasteiger partial charge on any atom is -0.495 e. The highest BCUT2D eigenvalue weighted by atomic mass is 79.9. The number of nitrogens with two attached hydrogens (primary N) is 1. The van der Waals surface area contributed by atoms with Crippen LogP contribution < -0.4 is 15.4 Å². The molecule has 2 aromatic rings. The Morgan fingerprint density at radius 3 is 2.62 bits per heavy atom. The lowest BCUT2D eigenvalue weighted by Gasteiger charge is -2.30. The van der Waals surface area contributed by atoms with Crippen LogP contribution in [0.15, 0.2) is 46.9 Å². The highest BCUT2D eigenvalue weighted by molar-refractivity contribution is 9.10. The molecular formula is C16H18BrFN2O. The normalized spacial score (nSPS) is 12.0. The van der Waals surface area contributed by atoms with Gasteiger partial charge in [0.15, 0.2) is 0 Å². The summed E-state index contributed by atoms with van der Waals surface area (Å²) in [5, 5.41) is 0. The number of benzene rings is 2. The van der Waals surface area contributed by atoms with E-state index in [4.69, 9.17) is 10.5 Å². The van der Waals surface area contributed by atoms with Crippen molar-refractivity contribution in [3.05, 3.63) is 58.3 Å². The number of hydrogen-bond donors (Lipinski definition) is 1. The molecule has 0 saturated heterocycles. The minimum absolute atomic E-state index is 0.0711. The molecule has 0 saturated carbocycles. The van der Waals surface area contributed by atoms with Crippen LogP contribution >= 0.6 is 15.9 Å². The Balaban J connectivity index is 2.38. The summed E-state index contributed by atoms with van der Waals surface area (Å²) >= 11 is 3.22. The average molecular weight is 353 g/mol. The van der Waals surface area contributed by atoms with E-state index in [0.717, 1.165) is 17.0 Å². The largest absolute Gasteiger partial charge is 0.495 e. The van der Waals surface area contributed by atoms with E-state index in [-0.39, 0.29) is 11.9 Å². The van der Waals surface area contributed by atoms with Crippen molar-refractivity contribution >= 4 is 21.6 Å². The first-order valence-electron chi connectivity index (χ1n) is 6.59. The number of hydrogen-bond acceptors (Lipinski definition) is 3. The van der Waals surface area contributed by atoms with Crippen molar-refractivity contribution in [1.29, 1.82) is 0 Å². The molecule has 5 heteroatoms. The number of halogens is 2. The fraction of sp³-hybridized carbons (Fsp3) is 0.250. The number of nitrogens with zero attached hydrogens (tertiary/aromatic N) is 1. The van der Waals surface area contributed by atoms with Gasteiger partial charge >= 0.3 is 0 Å². The summed E-state index contributed by atoms with van der Waals surface area (Å²) in [6.07, 6.45) is 0. The number of ether oxygens (including phenoxy) is 1. The van der Waals surface area contributed by atoms with Gasteiger partial charge in [-0.1, -0.05) is 18.2 Å². The van der Waals surface area contributed by atoms with Crippen molar-refractivity contribution in [3.63, 3.8) is 0 Å². The molecular weight excluding hydrogens is 335 g/mol. The van der Waals surface area contributed by atoms with Crippen LogP contribution in [-0.4, -0.2) is 20.7 Å². The van der Waals surface area contributed by atoms with E-state index in [0.29, 0.717) is 11.0 Å². The number of rotatable bonds is 5. The van der Waals surface area contributed by atoms with Crippen LogP contribution in [0.2, 0.25) is 0 Å². The number of likely N-dealkylation sites (N-methyl/N-ethyl adjacent to an activating group) is 1. The van der Waals surface area contributed by atoms with Gasteiger partial charge in [-0.25, -0.2) is 4.39 Å². The Morgan fingerprint density at radius 1 is 1.29 bits per heavy atom. The van der Waals surface area contributed by atoms with Crippen LogP contribution in [0.5, 0.6) is 5.75 Å². The lowest BCUT2D eigenvalue weighted by Crippen LogP contribution is -2.30. The summed E-state index contributed by atoms with van der Waals surface area (Å²) in [5.41, 5.74) is 7.82. The number of anilines is 1. The Hall–Kier alpha value is -1.59. The first kappa shape index (κ1) is 15.8. The summed E-state index contributed by atoms with van der Waals surface area (Å²) in [4.78, 5) is 2.04. The van der Waals surface area contributed by atoms with E-state index in [9.17, 15) is 4.39 Å². The third-order valence-electron chi connectivity index (χ3n) is 3.48. The molecule has 112 valence electrons. The van der Waals surface area contributed by atoms with Crippen LogP contribution in [-0.2, 0) is 0 Å². The summed E-state index contributed by atoms with van der Waals surface area (Å²) in [5.74, 6) is 0.495. The van der Waals surface area contributed by atoms with Crippen molar-refractivity contribution in [2.24, 2.45) is 5.73 Å². The number of para-hydroxylation sites is 2. The van der Waals surface area contributed by atoms with Gasteiger partial charge in [0.05, 0.1) is 23.3 Å². The van der Waals surface area contributed by atoms with E-state index in [2.05, 4.69) is 15.9 Å². The predicted octanol–water partition coefficient (Wildman–Crippen LogP) is 3.73. The van der Waals surface area contributed by atoms with Crippen LogP contribution in [0.1, 0.15) is 11.6 Å². The molecule has 0 amide bonds. The SMILES string of the molecule is COc1ccccc1N(C)C(CN)c1ccc(F)c(Br)c1. The maximum atomic E-state index is 13.4. The van der Waals surface area contributed by atoms with E-state index < -0.39 is 0 Å². The standard InChI is InChI=1S/C16H18BrFN2O/c1-20(14-5-3-4-6-16(14)21-2)15(10-19)11-7-8-13(18)12(17)9-11/h3-9,15H,10,19H2,1-2H3. The summed E-state index contributed by atoms with van der Waals surface area (Å²) < 4.78 is 19.2. The van der Waals surface area contributed by atoms with Gasteiger partial charge < -0.3 is 15.4 Å². The Labute approximate surface area is 132 Å². The second-order valence-electron chi connectivity index (χ2n) is 4.71. The van der Waals surface area contributed by atoms with Gasteiger partial charge in [-0.3, -0.25) is 0 Å².